The Morgan fingerprint density at radius 1 is 1.03 bits per heavy atom. The zero-order chi connectivity index (χ0) is 21.3. The first kappa shape index (κ1) is 20.1. The minimum absolute atomic E-state index is 0.0254. The van der Waals surface area contributed by atoms with Gasteiger partial charge in [-0.2, -0.15) is 0 Å². The van der Waals surface area contributed by atoms with Crippen molar-refractivity contribution in [2.75, 3.05) is 5.32 Å². The van der Waals surface area contributed by atoms with E-state index in [4.69, 9.17) is 0 Å². The first-order chi connectivity index (χ1) is 14.5. The molecule has 0 saturated heterocycles. The molecule has 4 rings (SSSR count). The number of hydrogen-bond acceptors (Lipinski definition) is 3. The predicted molar refractivity (Wildman–Crippen MR) is 114 cm³/mol. The van der Waals surface area contributed by atoms with Gasteiger partial charge < -0.3 is 15.5 Å². The van der Waals surface area contributed by atoms with E-state index in [2.05, 4.69) is 5.32 Å². The highest BCUT2D eigenvalue weighted by Gasteiger charge is 2.39. The van der Waals surface area contributed by atoms with E-state index < -0.39 is 0 Å². The minimum Gasteiger partial charge on any atom is -0.459 e. The molecule has 0 radical (unpaired) electrons. The number of aromatic nitrogens is 2. The number of para-hydroxylation sites is 1. The van der Waals surface area contributed by atoms with Crippen LogP contribution in [0.4, 0.5) is 5.69 Å². The molecule has 0 unspecified atom stereocenters. The van der Waals surface area contributed by atoms with E-state index in [9.17, 15) is 15.0 Å². The molecule has 156 valence electrons. The molecule has 1 fully saturated rings. The van der Waals surface area contributed by atoms with Crippen molar-refractivity contribution in [2.24, 2.45) is 0 Å². The van der Waals surface area contributed by atoms with E-state index in [-0.39, 0.29) is 30.4 Å². The van der Waals surface area contributed by atoms with E-state index in [1.54, 1.807) is 9.13 Å². The van der Waals surface area contributed by atoms with Crippen LogP contribution in [-0.2, 0) is 11.3 Å². The summed E-state index contributed by atoms with van der Waals surface area (Å²) in [7, 11) is 0. The maximum Gasteiger partial charge on any atom is 0.632 e. The Bertz CT molecular complexity index is 1100. The number of aromatic hydroxyl groups is 2. The standard InChI is InChI=1S/C24H27N3O3/c1-16-12-13-18(14-17(16)2)25-22(28)15-26-21-11-7-6-10-20(21)23(29)27(24(26)30)19-8-4-3-5-9-19/h6-7,10-14,19H,3-5,8-9,15H2,1-2H3,(H,25,28)/p+2. The number of amides is 1. The maximum absolute atomic E-state index is 12.8. The molecular formula is C24H29N3O3+2. The van der Waals surface area contributed by atoms with Crippen LogP contribution in [0.3, 0.4) is 0 Å². The SMILES string of the molecule is Cc1ccc(NC(=O)C[n+]2c(O)[n+](C3CCCCC3)c(O)c3ccccc32)cc1C. The summed E-state index contributed by atoms with van der Waals surface area (Å²) >= 11 is 0. The first-order valence-corrected chi connectivity index (χ1v) is 10.6. The van der Waals surface area contributed by atoms with Crippen LogP contribution in [0.2, 0.25) is 0 Å². The van der Waals surface area contributed by atoms with E-state index in [0.717, 1.165) is 42.5 Å². The molecule has 1 amide bonds. The molecule has 1 aliphatic rings. The van der Waals surface area contributed by atoms with Gasteiger partial charge in [0.25, 0.3) is 5.91 Å². The number of fused-ring (bicyclic) bond motifs is 1. The molecule has 0 aliphatic heterocycles. The summed E-state index contributed by atoms with van der Waals surface area (Å²) in [6.07, 6.45) is 5.11. The van der Waals surface area contributed by atoms with Crippen molar-refractivity contribution in [3.63, 3.8) is 0 Å². The number of carbonyl (C=O) groups is 1. The van der Waals surface area contributed by atoms with Crippen molar-refractivity contribution in [1.29, 1.82) is 0 Å². The molecule has 1 heterocycles. The van der Waals surface area contributed by atoms with Crippen LogP contribution in [0.15, 0.2) is 42.5 Å². The molecule has 2 aromatic carbocycles. The number of nitrogens with one attached hydrogen (secondary N) is 1. The summed E-state index contributed by atoms with van der Waals surface area (Å²) in [5.41, 5.74) is 3.62. The van der Waals surface area contributed by atoms with Crippen molar-refractivity contribution >= 4 is 22.5 Å². The third kappa shape index (κ3) is 3.82. The minimum atomic E-state index is -0.232. The molecule has 1 aromatic heterocycles. The highest BCUT2D eigenvalue weighted by atomic mass is 16.3. The van der Waals surface area contributed by atoms with Gasteiger partial charge in [-0.05, 0) is 56.0 Å². The van der Waals surface area contributed by atoms with Crippen molar-refractivity contribution in [3.8, 4) is 11.9 Å². The van der Waals surface area contributed by atoms with Gasteiger partial charge in [-0.1, -0.05) is 33.8 Å². The number of rotatable bonds is 4. The van der Waals surface area contributed by atoms with Crippen molar-refractivity contribution in [3.05, 3.63) is 53.6 Å². The second-order valence-corrected chi connectivity index (χ2v) is 8.24. The van der Waals surface area contributed by atoms with E-state index in [1.165, 1.54) is 6.42 Å². The first-order valence-electron chi connectivity index (χ1n) is 10.6. The van der Waals surface area contributed by atoms with Crippen molar-refractivity contribution in [1.82, 2.24) is 0 Å². The third-order valence-corrected chi connectivity index (χ3v) is 6.15. The Morgan fingerprint density at radius 2 is 1.77 bits per heavy atom. The van der Waals surface area contributed by atoms with Gasteiger partial charge in [-0.25, -0.2) is 0 Å². The Hall–Kier alpha value is -3.15. The molecule has 1 aliphatic carbocycles. The molecule has 0 bridgehead atoms. The van der Waals surface area contributed by atoms with Gasteiger partial charge >= 0.3 is 11.9 Å². The lowest BCUT2D eigenvalue weighted by Gasteiger charge is -2.17. The second kappa shape index (κ2) is 8.30. The number of aryl methyl sites for hydroxylation is 2. The van der Waals surface area contributed by atoms with Gasteiger partial charge in [0.15, 0.2) is 11.4 Å². The van der Waals surface area contributed by atoms with Crippen LogP contribution in [0.1, 0.15) is 49.3 Å². The van der Waals surface area contributed by atoms with Gasteiger partial charge in [-0.3, -0.25) is 4.79 Å². The quantitative estimate of drug-likeness (QED) is 0.579. The number of nitrogens with zero attached hydrogens (tertiary/aromatic N) is 2. The van der Waals surface area contributed by atoms with Gasteiger partial charge in [0.1, 0.15) is 0 Å². The summed E-state index contributed by atoms with van der Waals surface area (Å²) < 4.78 is 3.19. The zero-order valence-corrected chi connectivity index (χ0v) is 17.6. The smallest absolute Gasteiger partial charge is 0.459 e. The van der Waals surface area contributed by atoms with Crippen LogP contribution < -0.4 is 14.5 Å². The summed E-state index contributed by atoms with van der Waals surface area (Å²) in [5, 5.41) is 25.6. The topological polar surface area (TPSA) is 77.3 Å². The van der Waals surface area contributed by atoms with Crippen molar-refractivity contribution < 1.29 is 24.1 Å². The molecule has 6 heteroatoms. The number of hydrogen-bond donors (Lipinski definition) is 3. The van der Waals surface area contributed by atoms with E-state index in [1.807, 2.05) is 56.3 Å². The van der Waals surface area contributed by atoms with E-state index in [0.29, 0.717) is 10.9 Å². The maximum atomic E-state index is 12.8. The largest absolute Gasteiger partial charge is 0.632 e. The molecule has 0 spiro atoms. The molecule has 6 nitrogen and oxygen atoms in total. The van der Waals surface area contributed by atoms with Crippen LogP contribution in [0.25, 0.3) is 10.9 Å². The zero-order valence-electron chi connectivity index (χ0n) is 17.6. The predicted octanol–water partition coefficient (Wildman–Crippen LogP) is 3.59. The lowest BCUT2D eigenvalue weighted by molar-refractivity contribution is -0.830. The fraction of sp³-hybridized carbons (Fsp3) is 0.375. The van der Waals surface area contributed by atoms with Crippen LogP contribution in [0.5, 0.6) is 11.9 Å². The van der Waals surface area contributed by atoms with Gasteiger partial charge in [-0.15, -0.1) is 0 Å². The molecule has 30 heavy (non-hydrogen) atoms. The Kier molecular flexibility index (Phi) is 5.57. The average molecular weight is 408 g/mol. The number of anilines is 1. The molecule has 3 aromatic rings. The fourth-order valence-electron chi connectivity index (χ4n) is 4.36. The average Bonchev–Trinajstić information content (AvgIpc) is 2.75. The van der Waals surface area contributed by atoms with Crippen LogP contribution >= 0.6 is 0 Å². The van der Waals surface area contributed by atoms with Crippen LogP contribution in [0, 0.1) is 13.8 Å². The van der Waals surface area contributed by atoms with Gasteiger partial charge in [0.05, 0.1) is 0 Å². The molecule has 1 saturated carbocycles. The summed E-state index contributed by atoms with van der Waals surface area (Å²) in [5.74, 6) is -0.176. The highest BCUT2D eigenvalue weighted by Crippen LogP contribution is 2.29. The molecule has 0 atom stereocenters. The summed E-state index contributed by atoms with van der Waals surface area (Å²) in [4.78, 5) is 12.8. The third-order valence-electron chi connectivity index (χ3n) is 6.15. The lowest BCUT2D eigenvalue weighted by Crippen LogP contribution is -2.53. The number of carbonyl (C=O) groups excluding carboxylic acids is 1. The Balaban J connectivity index is 1.71. The Morgan fingerprint density at radius 3 is 2.50 bits per heavy atom. The Labute approximate surface area is 176 Å². The lowest BCUT2D eigenvalue weighted by atomic mass is 9.95. The van der Waals surface area contributed by atoms with Gasteiger partial charge in [0, 0.05) is 24.6 Å². The molecular weight excluding hydrogens is 378 g/mol. The highest BCUT2D eigenvalue weighted by molar-refractivity contribution is 5.90. The summed E-state index contributed by atoms with van der Waals surface area (Å²) in [6, 6.07) is 13.0. The summed E-state index contributed by atoms with van der Waals surface area (Å²) in [6.45, 7) is 3.99. The van der Waals surface area contributed by atoms with Gasteiger partial charge in [0.2, 0.25) is 12.1 Å². The van der Waals surface area contributed by atoms with Crippen molar-refractivity contribution in [2.45, 2.75) is 58.5 Å². The number of benzene rings is 2. The molecule has 3 N–H and O–H groups in total. The normalized spacial score (nSPS) is 14.7. The van der Waals surface area contributed by atoms with E-state index >= 15 is 0 Å². The fourth-order valence-corrected chi connectivity index (χ4v) is 4.36. The second-order valence-electron chi connectivity index (χ2n) is 8.24. The van der Waals surface area contributed by atoms with Crippen LogP contribution in [-0.4, -0.2) is 16.1 Å². The monoisotopic (exact) mass is 407 g/mol.